The Balaban J connectivity index is 3.04. The molecule has 0 aliphatic heterocycles. The zero-order valence-corrected chi connectivity index (χ0v) is 11.1. The van der Waals surface area contributed by atoms with Gasteiger partial charge in [0.15, 0.2) is 0 Å². The van der Waals surface area contributed by atoms with E-state index in [0.717, 1.165) is 0 Å². The molecule has 0 radical (unpaired) electrons. The van der Waals surface area contributed by atoms with Crippen LogP contribution in [0.25, 0.3) is 0 Å². The fourth-order valence-corrected chi connectivity index (χ4v) is 1.87. The molecule has 3 N–H and O–H groups in total. The van der Waals surface area contributed by atoms with Crippen LogP contribution in [0, 0.1) is 0 Å². The predicted molar refractivity (Wildman–Crippen MR) is 69.5 cm³/mol. The van der Waals surface area contributed by atoms with E-state index in [1.165, 1.54) is 17.0 Å². The maximum Gasteiger partial charge on any atom is 0.255 e. The highest BCUT2D eigenvalue weighted by atomic mass is 35.5. The zero-order valence-electron chi connectivity index (χ0n) is 9.58. The average molecular weight is 277 g/mol. The van der Waals surface area contributed by atoms with E-state index in [1.54, 1.807) is 14.0 Å². The molecule has 0 bridgehead atoms. The summed E-state index contributed by atoms with van der Waals surface area (Å²) in [6.45, 7) is 1.80. The van der Waals surface area contributed by atoms with Crippen LogP contribution in [0.3, 0.4) is 0 Å². The van der Waals surface area contributed by atoms with Crippen LogP contribution in [0.5, 0.6) is 0 Å². The summed E-state index contributed by atoms with van der Waals surface area (Å²) in [5.41, 5.74) is 6.21. The van der Waals surface area contributed by atoms with E-state index in [-0.39, 0.29) is 28.1 Å². The number of carbonyl (C=O) groups excluding carboxylic acids is 1. The monoisotopic (exact) mass is 276 g/mol. The molecule has 0 heterocycles. The lowest BCUT2D eigenvalue weighted by atomic mass is 10.1. The van der Waals surface area contributed by atoms with Gasteiger partial charge in [0.1, 0.15) is 0 Å². The van der Waals surface area contributed by atoms with E-state index in [2.05, 4.69) is 0 Å². The third-order valence-corrected chi connectivity index (χ3v) is 2.97. The van der Waals surface area contributed by atoms with E-state index >= 15 is 0 Å². The Kier molecular flexibility index (Phi) is 4.62. The van der Waals surface area contributed by atoms with Gasteiger partial charge in [-0.2, -0.15) is 0 Å². The number of aliphatic hydroxyl groups is 1. The number of hydrogen-bond donors (Lipinski definition) is 2. The molecular formula is C11H14Cl2N2O2. The van der Waals surface area contributed by atoms with Crippen LogP contribution in [-0.4, -0.2) is 35.6 Å². The van der Waals surface area contributed by atoms with Crippen LogP contribution in [0.4, 0.5) is 5.69 Å². The molecule has 0 fully saturated rings. The fraction of sp³-hybridized carbons (Fsp3) is 0.364. The van der Waals surface area contributed by atoms with Gasteiger partial charge >= 0.3 is 0 Å². The first kappa shape index (κ1) is 14.1. The fourth-order valence-electron chi connectivity index (χ4n) is 1.45. The van der Waals surface area contributed by atoms with Crippen molar-refractivity contribution in [2.24, 2.45) is 0 Å². The third-order valence-electron chi connectivity index (χ3n) is 2.17. The summed E-state index contributed by atoms with van der Waals surface area (Å²) in [6, 6.07) is 2.95. The predicted octanol–water partition coefficient (Wildman–Crippen LogP) is 2.03. The standard InChI is InChI=1S/C11H14Cl2N2O2/c1-6(16)5-15(2)11(17)8-3-7(14)4-9(12)10(8)13/h3-4,6,16H,5,14H2,1-2H3. The van der Waals surface area contributed by atoms with Crippen LogP contribution in [-0.2, 0) is 0 Å². The summed E-state index contributed by atoms with van der Waals surface area (Å²) in [5, 5.41) is 9.63. The van der Waals surface area contributed by atoms with Gasteiger partial charge in [-0.15, -0.1) is 0 Å². The van der Waals surface area contributed by atoms with Crippen LogP contribution in [0.1, 0.15) is 17.3 Å². The molecular weight excluding hydrogens is 263 g/mol. The molecule has 0 saturated carbocycles. The molecule has 4 nitrogen and oxygen atoms in total. The van der Waals surface area contributed by atoms with Crippen LogP contribution in [0.2, 0.25) is 10.0 Å². The lowest BCUT2D eigenvalue weighted by Crippen LogP contribution is -2.33. The first-order valence-corrected chi connectivity index (χ1v) is 5.76. The van der Waals surface area contributed by atoms with Crippen LogP contribution in [0.15, 0.2) is 12.1 Å². The summed E-state index contributed by atoms with van der Waals surface area (Å²) >= 11 is 11.8. The number of nitrogens with zero attached hydrogens (tertiary/aromatic N) is 1. The first-order valence-electron chi connectivity index (χ1n) is 5.01. The van der Waals surface area contributed by atoms with Gasteiger partial charge in [-0.1, -0.05) is 23.2 Å². The molecule has 1 aromatic carbocycles. The maximum absolute atomic E-state index is 12.0. The Morgan fingerprint density at radius 1 is 1.53 bits per heavy atom. The molecule has 1 atom stereocenters. The van der Waals surface area contributed by atoms with Gasteiger partial charge in [0.2, 0.25) is 0 Å². The van der Waals surface area contributed by atoms with Crippen molar-refractivity contribution in [2.45, 2.75) is 13.0 Å². The van der Waals surface area contributed by atoms with Gasteiger partial charge in [-0.3, -0.25) is 4.79 Å². The Morgan fingerprint density at radius 2 is 2.12 bits per heavy atom. The molecule has 6 heteroatoms. The first-order chi connectivity index (χ1) is 7.82. The SMILES string of the molecule is CC(O)CN(C)C(=O)c1cc(N)cc(Cl)c1Cl. The van der Waals surface area contributed by atoms with E-state index in [0.29, 0.717) is 5.69 Å². The van der Waals surface area contributed by atoms with E-state index in [1.807, 2.05) is 0 Å². The minimum Gasteiger partial charge on any atom is -0.399 e. The van der Waals surface area contributed by atoms with Crippen LogP contribution < -0.4 is 5.73 Å². The van der Waals surface area contributed by atoms with Crippen LogP contribution >= 0.6 is 23.2 Å². The number of nitrogens with two attached hydrogens (primary N) is 1. The van der Waals surface area contributed by atoms with Gasteiger partial charge < -0.3 is 15.7 Å². The Morgan fingerprint density at radius 3 is 2.65 bits per heavy atom. The normalized spacial score (nSPS) is 12.3. The third kappa shape index (κ3) is 3.49. The van der Waals surface area contributed by atoms with Crippen molar-refractivity contribution in [3.63, 3.8) is 0 Å². The lowest BCUT2D eigenvalue weighted by molar-refractivity contribution is 0.0704. The molecule has 0 aromatic heterocycles. The largest absolute Gasteiger partial charge is 0.399 e. The summed E-state index contributed by atoms with van der Waals surface area (Å²) in [4.78, 5) is 13.4. The number of benzene rings is 1. The molecule has 94 valence electrons. The molecule has 0 aliphatic carbocycles. The number of aliphatic hydroxyl groups excluding tert-OH is 1. The molecule has 1 amide bonds. The highest BCUT2D eigenvalue weighted by molar-refractivity contribution is 6.44. The Bertz CT molecular complexity index is 436. The smallest absolute Gasteiger partial charge is 0.255 e. The number of halogens is 2. The van der Waals surface area contributed by atoms with E-state index < -0.39 is 6.10 Å². The molecule has 1 aromatic rings. The number of nitrogen functional groups attached to an aromatic ring is 1. The van der Waals surface area contributed by atoms with Crippen molar-refractivity contribution in [2.75, 3.05) is 19.3 Å². The highest BCUT2D eigenvalue weighted by Gasteiger charge is 2.18. The molecule has 0 saturated heterocycles. The highest BCUT2D eigenvalue weighted by Crippen LogP contribution is 2.29. The number of amides is 1. The lowest BCUT2D eigenvalue weighted by Gasteiger charge is -2.19. The second-order valence-corrected chi connectivity index (χ2v) is 4.68. The second-order valence-electron chi connectivity index (χ2n) is 3.90. The summed E-state index contributed by atoms with van der Waals surface area (Å²) < 4.78 is 0. The van der Waals surface area contributed by atoms with Gasteiger partial charge in [-0.25, -0.2) is 0 Å². The van der Waals surface area contributed by atoms with Crippen molar-refractivity contribution in [3.05, 3.63) is 27.7 Å². The van der Waals surface area contributed by atoms with Gasteiger partial charge in [-0.05, 0) is 19.1 Å². The molecule has 1 unspecified atom stereocenters. The van der Waals surface area contributed by atoms with Crippen molar-refractivity contribution in [1.29, 1.82) is 0 Å². The topological polar surface area (TPSA) is 66.6 Å². The minimum atomic E-state index is -0.612. The number of likely N-dealkylation sites (N-methyl/N-ethyl adjacent to an activating group) is 1. The minimum absolute atomic E-state index is 0.170. The molecule has 1 rings (SSSR count). The maximum atomic E-state index is 12.0. The number of anilines is 1. The zero-order chi connectivity index (χ0) is 13.2. The van der Waals surface area contributed by atoms with Crippen molar-refractivity contribution >= 4 is 34.8 Å². The van der Waals surface area contributed by atoms with Crippen molar-refractivity contribution in [3.8, 4) is 0 Å². The van der Waals surface area contributed by atoms with Crippen molar-refractivity contribution in [1.82, 2.24) is 4.90 Å². The van der Waals surface area contributed by atoms with Gasteiger partial charge in [0.25, 0.3) is 5.91 Å². The second kappa shape index (κ2) is 5.58. The van der Waals surface area contributed by atoms with Gasteiger partial charge in [0, 0.05) is 19.3 Å². The van der Waals surface area contributed by atoms with E-state index in [9.17, 15) is 9.90 Å². The molecule has 0 aliphatic rings. The molecule has 17 heavy (non-hydrogen) atoms. The molecule has 0 spiro atoms. The number of hydrogen-bond acceptors (Lipinski definition) is 3. The average Bonchev–Trinajstić information content (AvgIpc) is 2.21. The Hall–Kier alpha value is -0.970. The van der Waals surface area contributed by atoms with Crippen molar-refractivity contribution < 1.29 is 9.90 Å². The number of rotatable bonds is 3. The summed E-state index contributed by atoms with van der Waals surface area (Å²) in [6.07, 6.45) is -0.612. The van der Waals surface area contributed by atoms with E-state index in [4.69, 9.17) is 28.9 Å². The van der Waals surface area contributed by atoms with Gasteiger partial charge in [0.05, 0.1) is 21.7 Å². The Labute approximate surface area is 110 Å². The summed E-state index contributed by atoms with van der Waals surface area (Å²) in [5.74, 6) is -0.329. The number of carbonyl (C=O) groups is 1. The quantitative estimate of drug-likeness (QED) is 0.831. The summed E-state index contributed by atoms with van der Waals surface area (Å²) in [7, 11) is 1.57.